The number of anilines is 1. The van der Waals surface area contributed by atoms with Crippen LogP contribution in [0, 0.1) is 0 Å². The Morgan fingerprint density at radius 1 is 1.11 bits per heavy atom. The molecule has 28 heavy (non-hydrogen) atoms. The average Bonchev–Trinajstić information content (AvgIpc) is 2.91. The number of ether oxygens (including phenoxy) is 1. The molecule has 0 radical (unpaired) electrons. The van der Waals surface area contributed by atoms with Crippen LogP contribution >= 0.6 is 0 Å². The standard InChI is InChI=1S/C20H23N3O4S/c1-20(2,3)27-19(24)21-18-16-7-5-6-8-17(16)23(22-18)13-14-9-11-15(12-10-14)28(4,25)26/h5-12H,13H2,1-4H3,(H,21,22,24). The lowest BCUT2D eigenvalue weighted by Crippen LogP contribution is -2.27. The molecule has 0 bridgehead atoms. The number of rotatable bonds is 4. The van der Waals surface area contributed by atoms with Crippen LogP contribution in [0.2, 0.25) is 0 Å². The zero-order chi connectivity index (χ0) is 20.5. The fraction of sp³-hybridized carbons (Fsp3) is 0.300. The number of benzene rings is 2. The summed E-state index contributed by atoms with van der Waals surface area (Å²) in [5.74, 6) is 0.414. The molecule has 0 spiro atoms. The van der Waals surface area contributed by atoms with Crippen molar-refractivity contribution in [1.29, 1.82) is 0 Å². The van der Waals surface area contributed by atoms with Gasteiger partial charge in [0, 0.05) is 11.6 Å². The lowest BCUT2D eigenvalue weighted by atomic mass is 10.2. The summed E-state index contributed by atoms with van der Waals surface area (Å²) in [6.07, 6.45) is 0.609. The number of carbonyl (C=O) groups excluding carboxylic acids is 1. The Hall–Kier alpha value is -2.87. The maximum Gasteiger partial charge on any atom is 0.413 e. The number of aromatic nitrogens is 2. The molecule has 0 aliphatic rings. The van der Waals surface area contributed by atoms with Gasteiger partial charge in [0.05, 0.1) is 17.0 Å². The van der Waals surface area contributed by atoms with Gasteiger partial charge in [-0.1, -0.05) is 24.3 Å². The second kappa shape index (κ2) is 7.27. The third-order valence-electron chi connectivity index (χ3n) is 3.96. The summed E-state index contributed by atoms with van der Waals surface area (Å²) >= 11 is 0. The molecule has 0 aliphatic carbocycles. The highest BCUT2D eigenvalue weighted by Gasteiger charge is 2.19. The highest BCUT2D eigenvalue weighted by atomic mass is 32.2. The van der Waals surface area contributed by atoms with Crippen LogP contribution < -0.4 is 5.32 Å². The second-order valence-corrected chi connectivity index (χ2v) is 9.58. The minimum Gasteiger partial charge on any atom is -0.444 e. The first-order valence-electron chi connectivity index (χ1n) is 8.77. The Kier molecular flexibility index (Phi) is 5.16. The summed E-state index contributed by atoms with van der Waals surface area (Å²) in [7, 11) is -3.24. The van der Waals surface area contributed by atoms with Crippen molar-refractivity contribution < 1.29 is 17.9 Å². The average molecular weight is 401 g/mol. The smallest absolute Gasteiger partial charge is 0.413 e. The number of nitrogens with zero attached hydrogens (tertiary/aromatic N) is 2. The van der Waals surface area contributed by atoms with E-state index < -0.39 is 21.5 Å². The van der Waals surface area contributed by atoms with E-state index in [1.165, 1.54) is 6.26 Å². The van der Waals surface area contributed by atoms with Gasteiger partial charge in [-0.2, -0.15) is 5.10 Å². The number of carbonyl (C=O) groups is 1. The molecule has 1 amide bonds. The van der Waals surface area contributed by atoms with Crippen molar-refractivity contribution >= 4 is 32.7 Å². The summed E-state index contributed by atoms with van der Waals surface area (Å²) in [5, 5.41) is 8.01. The van der Waals surface area contributed by atoms with Gasteiger partial charge in [-0.05, 0) is 50.6 Å². The Labute approximate surface area is 164 Å². The van der Waals surface area contributed by atoms with Gasteiger partial charge in [0.15, 0.2) is 15.7 Å². The van der Waals surface area contributed by atoms with Crippen LogP contribution in [0.25, 0.3) is 10.9 Å². The molecule has 0 unspecified atom stereocenters. The van der Waals surface area contributed by atoms with E-state index in [4.69, 9.17) is 4.74 Å². The molecule has 0 fully saturated rings. The molecular formula is C20H23N3O4S. The predicted octanol–water partition coefficient (Wildman–Crippen LogP) is 3.84. The minimum atomic E-state index is -3.24. The van der Waals surface area contributed by atoms with E-state index in [0.29, 0.717) is 12.4 Å². The van der Waals surface area contributed by atoms with Crippen molar-refractivity contribution in [1.82, 2.24) is 9.78 Å². The van der Waals surface area contributed by atoms with Gasteiger partial charge in [0.25, 0.3) is 0 Å². The molecular weight excluding hydrogens is 378 g/mol. The SMILES string of the molecule is CC(C)(C)OC(=O)Nc1nn(Cc2ccc(S(C)(=O)=O)cc2)c2ccccc12. The highest BCUT2D eigenvalue weighted by Crippen LogP contribution is 2.24. The van der Waals surface area contributed by atoms with Crippen molar-refractivity contribution in [2.24, 2.45) is 0 Å². The van der Waals surface area contributed by atoms with Gasteiger partial charge >= 0.3 is 6.09 Å². The van der Waals surface area contributed by atoms with Gasteiger partial charge in [-0.15, -0.1) is 0 Å². The van der Waals surface area contributed by atoms with E-state index in [1.54, 1.807) is 49.7 Å². The quantitative estimate of drug-likeness (QED) is 0.717. The first-order valence-corrected chi connectivity index (χ1v) is 10.7. The first-order chi connectivity index (χ1) is 13.0. The van der Waals surface area contributed by atoms with E-state index in [9.17, 15) is 13.2 Å². The molecule has 0 aliphatic heterocycles. The van der Waals surface area contributed by atoms with Crippen molar-refractivity contribution in [3.8, 4) is 0 Å². The Balaban J connectivity index is 1.89. The molecule has 3 aromatic rings. The lowest BCUT2D eigenvalue weighted by molar-refractivity contribution is 0.0635. The van der Waals surface area contributed by atoms with E-state index in [2.05, 4.69) is 10.4 Å². The molecule has 148 valence electrons. The molecule has 7 nitrogen and oxygen atoms in total. The zero-order valence-corrected chi connectivity index (χ0v) is 17.1. The number of para-hydroxylation sites is 1. The van der Waals surface area contributed by atoms with E-state index in [1.807, 2.05) is 24.3 Å². The molecule has 1 heterocycles. The number of fused-ring (bicyclic) bond motifs is 1. The molecule has 3 rings (SSSR count). The van der Waals surface area contributed by atoms with Crippen LogP contribution in [0.1, 0.15) is 26.3 Å². The second-order valence-electron chi connectivity index (χ2n) is 7.57. The van der Waals surface area contributed by atoms with Gasteiger partial charge in [0.2, 0.25) is 0 Å². The first kappa shape index (κ1) is 19.9. The largest absolute Gasteiger partial charge is 0.444 e. The summed E-state index contributed by atoms with van der Waals surface area (Å²) in [6, 6.07) is 14.2. The molecule has 2 aromatic carbocycles. The number of nitrogens with one attached hydrogen (secondary N) is 1. The molecule has 0 saturated heterocycles. The fourth-order valence-electron chi connectivity index (χ4n) is 2.76. The van der Waals surface area contributed by atoms with Crippen LogP contribution in [0.4, 0.5) is 10.6 Å². The molecule has 1 N–H and O–H groups in total. The van der Waals surface area contributed by atoms with Crippen molar-refractivity contribution in [2.75, 3.05) is 11.6 Å². The third kappa shape index (κ3) is 4.69. The van der Waals surface area contributed by atoms with Crippen LogP contribution in [0.5, 0.6) is 0 Å². The van der Waals surface area contributed by atoms with Crippen LogP contribution in [0.15, 0.2) is 53.4 Å². The maximum atomic E-state index is 12.1. The number of hydrogen-bond acceptors (Lipinski definition) is 5. The van der Waals surface area contributed by atoms with Crippen molar-refractivity contribution in [2.45, 2.75) is 37.8 Å². The summed E-state index contributed by atoms with van der Waals surface area (Å²) in [4.78, 5) is 12.4. The van der Waals surface area contributed by atoms with Crippen molar-refractivity contribution in [3.05, 3.63) is 54.1 Å². The van der Waals surface area contributed by atoms with Gasteiger partial charge in [-0.25, -0.2) is 13.2 Å². The minimum absolute atomic E-state index is 0.272. The summed E-state index contributed by atoms with van der Waals surface area (Å²) < 4.78 is 30.3. The topological polar surface area (TPSA) is 90.3 Å². The molecule has 0 saturated carbocycles. The van der Waals surface area contributed by atoms with Crippen LogP contribution in [-0.2, 0) is 21.1 Å². The van der Waals surface area contributed by atoms with Gasteiger partial charge in [0.1, 0.15) is 5.60 Å². The highest BCUT2D eigenvalue weighted by molar-refractivity contribution is 7.90. The van der Waals surface area contributed by atoms with Crippen LogP contribution in [0.3, 0.4) is 0 Å². The predicted molar refractivity (Wildman–Crippen MR) is 108 cm³/mol. The number of sulfone groups is 1. The number of amides is 1. The van der Waals surface area contributed by atoms with Gasteiger partial charge < -0.3 is 4.74 Å². The molecule has 0 atom stereocenters. The van der Waals surface area contributed by atoms with E-state index in [0.717, 1.165) is 16.5 Å². The molecule has 1 aromatic heterocycles. The lowest BCUT2D eigenvalue weighted by Gasteiger charge is -2.19. The monoisotopic (exact) mass is 401 g/mol. The Morgan fingerprint density at radius 3 is 2.36 bits per heavy atom. The van der Waals surface area contributed by atoms with Gasteiger partial charge in [-0.3, -0.25) is 10.00 Å². The zero-order valence-electron chi connectivity index (χ0n) is 16.3. The fourth-order valence-corrected chi connectivity index (χ4v) is 3.39. The maximum absolute atomic E-state index is 12.1. The van der Waals surface area contributed by atoms with Crippen LogP contribution in [-0.4, -0.2) is 36.1 Å². The Morgan fingerprint density at radius 2 is 1.75 bits per heavy atom. The third-order valence-corrected chi connectivity index (χ3v) is 5.09. The van der Waals surface area contributed by atoms with E-state index >= 15 is 0 Å². The van der Waals surface area contributed by atoms with Crippen molar-refractivity contribution in [3.63, 3.8) is 0 Å². The molecule has 8 heteroatoms. The summed E-state index contributed by atoms with van der Waals surface area (Å²) in [6.45, 7) is 5.82. The normalized spacial score (nSPS) is 12.1. The Bertz CT molecular complexity index is 1110. The summed E-state index contributed by atoms with van der Waals surface area (Å²) in [5.41, 5.74) is 1.13. The van der Waals surface area contributed by atoms with E-state index in [-0.39, 0.29) is 4.90 Å². The number of hydrogen-bond donors (Lipinski definition) is 1.